The van der Waals surface area contributed by atoms with Gasteiger partial charge in [0.1, 0.15) is 18.7 Å². The van der Waals surface area contributed by atoms with Crippen LogP contribution in [0.3, 0.4) is 0 Å². The number of nitrogens with one attached hydrogen (secondary N) is 3. The standard InChI is InChI=1S/C12H23N7.ClH/c1-4-5-6-7-17-19-9-18(14-3)10-11(13-2)15-8-16-12(10)19;/h8,14,17H,4-7,9H2,1-3H3,(H,13,15,16);1H. The van der Waals surface area contributed by atoms with Crippen LogP contribution in [0, 0.1) is 0 Å². The van der Waals surface area contributed by atoms with Gasteiger partial charge in [-0.15, -0.1) is 12.4 Å². The van der Waals surface area contributed by atoms with Crippen molar-refractivity contribution in [2.45, 2.75) is 26.2 Å². The number of unbranched alkanes of at least 4 members (excludes halogenated alkanes) is 2. The highest BCUT2D eigenvalue weighted by molar-refractivity contribution is 5.85. The normalized spacial score (nSPS) is 13.2. The molecule has 0 radical (unpaired) electrons. The van der Waals surface area contributed by atoms with Crippen molar-refractivity contribution in [3.63, 3.8) is 0 Å². The van der Waals surface area contributed by atoms with Crippen molar-refractivity contribution >= 4 is 29.7 Å². The molecule has 8 heteroatoms. The molecule has 0 saturated carbocycles. The Kier molecular flexibility index (Phi) is 6.77. The summed E-state index contributed by atoms with van der Waals surface area (Å²) in [4.78, 5) is 8.63. The highest BCUT2D eigenvalue weighted by atomic mass is 35.5. The average molecular weight is 302 g/mol. The quantitative estimate of drug-likeness (QED) is 0.657. The van der Waals surface area contributed by atoms with Gasteiger partial charge in [0.05, 0.1) is 0 Å². The summed E-state index contributed by atoms with van der Waals surface area (Å²) < 4.78 is 0. The van der Waals surface area contributed by atoms with Gasteiger partial charge in [0, 0.05) is 20.6 Å². The van der Waals surface area contributed by atoms with E-state index in [-0.39, 0.29) is 12.4 Å². The SMILES string of the molecule is CCCCCNN1CN(NC)c2c(NC)ncnc21.Cl. The Labute approximate surface area is 126 Å². The van der Waals surface area contributed by atoms with E-state index in [1.165, 1.54) is 19.3 Å². The molecule has 1 aliphatic rings. The Hall–Kier alpha value is -1.31. The number of hydrogen-bond donors (Lipinski definition) is 3. The molecule has 0 aromatic carbocycles. The topological polar surface area (TPSA) is 68.3 Å². The van der Waals surface area contributed by atoms with Crippen molar-refractivity contribution in [2.24, 2.45) is 0 Å². The molecular formula is C12H24ClN7. The summed E-state index contributed by atoms with van der Waals surface area (Å²) in [5, 5.41) is 7.18. The van der Waals surface area contributed by atoms with E-state index < -0.39 is 0 Å². The maximum Gasteiger partial charge on any atom is 0.175 e. The first-order chi connectivity index (χ1) is 9.31. The first kappa shape index (κ1) is 16.7. The summed E-state index contributed by atoms with van der Waals surface area (Å²) in [7, 11) is 3.77. The van der Waals surface area contributed by atoms with Crippen LogP contribution >= 0.6 is 12.4 Å². The molecule has 1 aliphatic heterocycles. The number of anilines is 3. The van der Waals surface area contributed by atoms with Crippen molar-refractivity contribution in [3.05, 3.63) is 6.33 Å². The van der Waals surface area contributed by atoms with Crippen LogP contribution in [0.2, 0.25) is 0 Å². The Morgan fingerprint density at radius 3 is 2.65 bits per heavy atom. The van der Waals surface area contributed by atoms with E-state index in [0.29, 0.717) is 6.67 Å². The average Bonchev–Trinajstić information content (AvgIpc) is 2.82. The number of hydrogen-bond acceptors (Lipinski definition) is 7. The zero-order valence-electron chi connectivity index (χ0n) is 12.3. The lowest BCUT2D eigenvalue weighted by molar-refractivity contribution is 0.570. The third-order valence-corrected chi connectivity index (χ3v) is 3.20. The van der Waals surface area contributed by atoms with Crippen molar-refractivity contribution in [1.82, 2.24) is 20.8 Å². The van der Waals surface area contributed by atoms with Crippen LogP contribution in [-0.2, 0) is 0 Å². The molecule has 1 aromatic rings. The molecule has 3 N–H and O–H groups in total. The number of halogens is 1. The van der Waals surface area contributed by atoms with Gasteiger partial charge in [-0.05, 0) is 6.42 Å². The molecule has 1 aromatic heterocycles. The molecule has 0 aliphatic carbocycles. The fraction of sp³-hybridized carbons (Fsp3) is 0.667. The summed E-state index contributed by atoms with van der Waals surface area (Å²) in [5.41, 5.74) is 7.56. The summed E-state index contributed by atoms with van der Waals surface area (Å²) in [6.45, 7) is 3.88. The zero-order chi connectivity index (χ0) is 13.7. The second-order valence-electron chi connectivity index (χ2n) is 4.48. The smallest absolute Gasteiger partial charge is 0.175 e. The van der Waals surface area contributed by atoms with Crippen molar-refractivity contribution < 1.29 is 0 Å². The molecule has 2 rings (SSSR count). The Morgan fingerprint density at radius 2 is 2.00 bits per heavy atom. The molecule has 20 heavy (non-hydrogen) atoms. The lowest BCUT2D eigenvalue weighted by Crippen LogP contribution is -2.45. The minimum atomic E-state index is 0. The summed E-state index contributed by atoms with van der Waals surface area (Å²) in [6, 6.07) is 0. The molecule has 0 amide bonds. The van der Waals surface area contributed by atoms with E-state index in [2.05, 4.69) is 38.1 Å². The van der Waals surface area contributed by atoms with Gasteiger partial charge < -0.3 is 5.32 Å². The molecule has 0 bridgehead atoms. The molecule has 0 spiro atoms. The largest absolute Gasteiger partial charge is 0.371 e. The summed E-state index contributed by atoms with van der Waals surface area (Å²) in [6.07, 6.45) is 5.23. The fourth-order valence-corrected chi connectivity index (χ4v) is 2.17. The van der Waals surface area contributed by atoms with E-state index in [4.69, 9.17) is 0 Å². The first-order valence-corrected chi connectivity index (χ1v) is 6.80. The van der Waals surface area contributed by atoms with Gasteiger partial charge in [-0.2, -0.15) is 0 Å². The lowest BCUT2D eigenvalue weighted by atomic mass is 10.2. The molecule has 0 saturated heterocycles. The van der Waals surface area contributed by atoms with Gasteiger partial charge in [0.2, 0.25) is 0 Å². The third-order valence-electron chi connectivity index (χ3n) is 3.20. The van der Waals surface area contributed by atoms with E-state index in [0.717, 1.165) is 23.9 Å². The Balaban J connectivity index is 0.00000200. The summed E-state index contributed by atoms with van der Waals surface area (Å²) in [5.74, 6) is 1.74. The van der Waals surface area contributed by atoms with E-state index in [9.17, 15) is 0 Å². The van der Waals surface area contributed by atoms with Gasteiger partial charge in [-0.3, -0.25) is 10.0 Å². The highest BCUT2D eigenvalue weighted by Gasteiger charge is 2.29. The zero-order valence-corrected chi connectivity index (χ0v) is 13.1. The van der Waals surface area contributed by atoms with Gasteiger partial charge in [-0.1, -0.05) is 19.8 Å². The first-order valence-electron chi connectivity index (χ1n) is 6.80. The number of aromatic nitrogens is 2. The molecule has 0 fully saturated rings. The molecule has 7 nitrogen and oxygen atoms in total. The third kappa shape index (κ3) is 3.41. The van der Waals surface area contributed by atoms with Gasteiger partial charge >= 0.3 is 0 Å². The van der Waals surface area contributed by atoms with Crippen LogP contribution in [0.25, 0.3) is 0 Å². The minimum absolute atomic E-state index is 0. The monoisotopic (exact) mass is 301 g/mol. The van der Waals surface area contributed by atoms with Crippen LogP contribution < -0.4 is 26.2 Å². The molecular weight excluding hydrogens is 278 g/mol. The molecule has 0 unspecified atom stereocenters. The van der Waals surface area contributed by atoms with Crippen LogP contribution in [0.4, 0.5) is 17.3 Å². The second-order valence-corrected chi connectivity index (χ2v) is 4.48. The van der Waals surface area contributed by atoms with Crippen molar-refractivity contribution in [1.29, 1.82) is 0 Å². The van der Waals surface area contributed by atoms with E-state index in [1.54, 1.807) is 6.33 Å². The molecule has 2 heterocycles. The molecule has 114 valence electrons. The fourth-order valence-electron chi connectivity index (χ4n) is 2.17. The summed E-state index contributed by atoms with van der Waals surface area (Å²) >= 11 is 0. The van der Waals surface area contributed by atoms with Crippen LogP contribution in [0.15, 0.2) is 6.33 Å². The number of nitrogens with zero attached hydrogens (tertiary/aromatic N) is 4. The van der Waals surface area contributed by atoms with Crippen molar-refractivity contribution in [2.75, 3.05) is 42.6 Å². The Morgan fingerprint density at radius 1 is 1.20 bits per heavy atom. The highest BCUT2D eigenvalue weighted by Crippen LogP contribution is 2.36. The minimum Gasteiger partial charge on any atom is -0.371 e. The van der Waals surface area contributed by atoms with Gasteiger partial charge in [-0.25, -0.2) is 20.8 Å². The second kappa shape index (κ2) is 8.08. The van der Waals surface area contributed by atoms with Gasteiger partial charge in [0.15, 0.2) is 11.6 Å². The predicted molar refractivity (Wildman–Crippen MR) is 85.2 cm³/mol. The Bertz CT molecular complexity index is 415. The van der Waals surface area contributed by atoms with Crippen LogP contribution in [0.5, 0.6) is 0 Å². The van der Waals surface area contributed by atoms with Crippen LogP contribution in [0.1, 0.15) is 26.2 Å². The number of hydrazine groups is 2. The van der Waals surface area contributed by atoms with Crippen LogP contribution in [-0.4, -0.2) is 37.3 Å². The number of rotatable bonds is 7. The maximum absolute atomic E-state index is 4.38. The lowest BCUT2D eigenvalue weighted by Gasteiger charge is -2.20. The van der Waals surface area contributed by atoms with Gasteiger partial charge in [0.25, 0.3) is 0 Å². The van der Waals surface area contributed by atoms with E-state index >= 15 is 0 Å². The predicted octanol–water partition coefficient (Wildman–Crippen LogP) is 1.35. The van der Waals surface area contributed by atoms with E-state index in [1.807, 2.05) is 19.1 Å². The maximum atomic E-state index is 4.38. The number of fused-ring (bicyclic) bond motifs is 1. The molecule has 0 atom stereocenters. The van der Waals surface area contributed by atoms with Crippen molar-refractivity contribution in [3.8, 4) is 0 Å².